The third-order valence-electron chi connectivity index (χ3n) is 3.39. The van der Waals surface area contributed by atoms with Crippen molar-refractivity contribution in [3.05, 3.63) is 29.8 Å². The van der Waals surface area contributed by atoms with Crippen molar-refractivity contribution in [1.82, 2.24) is 4.90 Å². The number of carbonyl (C=O) groups is 2. The van der Waals surface area contributed by atoms with E-state index in [4.69, 9.17) is 0 Å². The standard InChI is InChI=1S/C14H17NO3S/c1-19-11-7-5-10(6-8-11)13(16)15-9-3-2-4-12(15)14(17)18/h5-8,12H,2-4,9H2,1H3,(H,17,18)/t12-/m0/s1. The summed E-state index contributed by atoms with van der Waals surface area (Å²) in [4.78, 5) is 26.1. The van der Waals surface area contributed by atoms with Crippen LogP contribution in [0.4, 0.5) is 0 Å². The second-order valence-corrected chi connectivity index (χ2v) is 5.46. The van der Waals surface area contributed by atoms with Crippen molar-refractivity contribution in [1.29, 1.82) is 0 Å². The highest BCUT2D eigenvalue weighted by molar-refractivity contribution is 7.98. The molecule has 1 N–H and O–H groups in total. The van der Waals surface area contributed by atoms with Gasteiger partial charge in [0.2, 0.25) is 0 Å². The first-order valence-corrected chi connectivity index (χ1v) is 7.54. The molecule has 0 aliphatic carbocycles. The molecule has 1 aromatic rings. The molecule has 1 aromatic carbocycles. The summed E-state index contributed by atoms with van der Waals surface area (Å²) in [6.07, 6.45) is 4.26. The Bertz CT molecular complexity index is 472. The topological polar surface area (TPSA) is 57.6 Å². The number of aliphatic carboxylic acids is 1. The van der Waals surface area contributed by atoms with Crippen molar-refractivity contribution < 1.29 is 14.7 Å². The van der Waals surface area contributed by atoms with Crippen LogP contribution in [0, 0.1) is 0 Å². The fraction of sp³-hybridized carbons (Fsp3) is 0.429. The van der Waals surface area contributed by atoms with Crippen LogP contribution >= 0.6 is 11.8 Å². The minimum absolute atomic E-state index is 0.181. The summed E-state index contributed by atoms with van der Waals surface area (Å²) in [5.41, 5.74) is 0.561. The Morgan fingerprint density at radius 2 is 1.95 bits per heavy atom. The second kappa shape index (κ2) is 6.10. The maximum atomic E-state index is 12.4. The van der Waals surface area contributed by atoms with Crippen molar-refractivity contribution in [2.45, 2.75) is 30.2 Å². The SMILES string of the molecule is CSc1ccc(C(=O)N2CCCC[C@H]2C(=O)O)cc1. The molecule has 1 aliphatic heterocycles. The normalized spacial score (nSPS) is 19.2. The Morgan fingerprint density at radius 3 is 2.53 bits per heavy atom. The summed E-state index contributed by atoms with van der Waals surface area (Å²) in [5, 5.41) is 9.19. The number of nitrogens with zero attached hydrogens (tertiary/aromatic N) is 1. The molecule has 0 unspecified atom stereocenters. The first kappa shape index (κ1) is 13.9. The van der Waals surface area contributed by atoms with Crippen molar-refractivity contribution in [2.75, 3.05) is 12.8 Å². The highest BCUT2D eigenvalue weighted by Gasteiger charge is 2.32. The van der Waals surface area contributed by atoms with Gasteiger partial charge >= 0.3 is 5.97 Å². The molecule has 2 rings (SSSR count). The zero-order chi connectivity index (χ0) is 13.8. The van der Waals surface area contributed by atoms with Crippen molar-refractivity contribution >= 4 is 23.6 Å². The van der Waals surface area contributed by atoms with Crippen molar-refractivity contribution in [2.24, 2.45) is 0 Å². The smallest absolute Gasteiger partial charge is 0.326 e. The predicted octanol–water partition coefficient (Wildman–Crippen LogP) is 2.49. The Kier molecular flexibility index (Phi) is 4.47. The van der Waals surface area contributed by atoms with Gasteiger partial charge in [0.1, 0.15) is 6.04 Å². The van der Waals surface area contributed by atoms with E-state index in [1.165, 1.54) is 4.90 Å². The molecule has 1 amide bonds. The van der Waals surface area contributed by atoms with Crippen molar-refractivity contribution in [3.63, 3.8) is 0 Å². The van der Waals surface area contributed by atoms with Crippen LogP contribution < -0.4 is 0 Å². The van der Waals surface area contributed by atoms with Gasteiger partial charge in [-0.05, 0) is 49.8 Å². The molecule has 1 saturated heterocycles. The third kappa shape index (κ3) is 3.10. The quantitative estimate of drug-likeness (QED) is 0.864. The third-order valence-corrected chi connectivity index (χ3v) is 4.13. The molecule has 19 heavy (non-hydrogen) atoms. The zero-order valence-corrected chi connectivity index (χ0v) is 11.7. The maximum absolute atomic E-state index is 12.4. The van der Waals surface area contributed by atoms with Gasteiger partial charge in [-0.15, -0.1) is 11.8 Å². The van der Waals surface area contributed by atoms with Gasteiger partial charge in [-0.1, -0.05) is 0 Å². The maximum Gasteiger partial charge on any atom is 0.326 e. The molecule has 0 saturated carbocycles. The molecule has 1 aliphatic rings. The van der Waals surface area contributed by atoms with E-state index in [0.717, 1.165) is 17.7 Å². The van der Waals surface area contributed by atoms with Crippen LogP contribution in [-0.4, -0.2) is 40.7 Å². The van der Waals surface area contributed by atoms with E-state index in [1.807, 2.05) is 18.4 Å². The van der Waals surface area contributed by atoms with E-state index in [2.05, 4.69) is 0 Å². The lowest BCUT2D eigenvalue weighted by Crippen LogP contribution is -2.47. The first-order valence-electron chi connectivity index (χ1n) is 6.31. The number of amides is 1. The molecule has 1 atom stereocenters. The number of rotatable bonds is 3. The predicted molar refractivity (Wildman–Crippen MR) is 74.5 cm³/mol. The van der Waals surface area contributed by atoms with Crippen LogP contribution in [0.2, 0.25) is 0 Å². The average molecular weight is 279 g/mol. The van der Waals surface area contributed by atoms with Gasteiger partial charge in [0, 0.05) is 17.0 Å². The highest BCUT2D eigenvalue weighted by Crippen LogP contribution is 2.21. The fourth-order valence-electron chi connectivity index (χ4n) is 2.33. The molecule has 0 spiro atoms. The number of carboxylic acid groups (broad SMARTS) is 1. The summed E-state index contributed by atoms with van der Waals surface area (Å²) >= 11 is 1.61. The molecular formula is C14H17NO3S. The lowest BCUT2D eigenvalue weighted by molar-refractivity contribution is -0.143. The highest BCUT2D eigenvalue weighted by atomic mass is 32.2. The Morgan fingerprint density at radius 1 is 1.26 bits per heavy atom. The Hall–Kier alpha value is -1.49. The number of hydrogen-bond donors (Lipinski definition) is 1. The Labute approximate surface area is 116 Å². The van der Waals surface area contributed by atoms with E-state index in [0.29, 0.717) is 18.5 Å². The van der Waals surface area contributed by atoms with Crippen molar-refractivity contribution in [3.8, 4) is 0 Å². The monoisotopic (exact) mass is 279 g/mol. The van der Waals surface area contributed by atoms with Crippen LogP contribution in [0.1, 0.15) is 29.6 Å². The molecule has 1 fully saturated rings. The largest absolute Gasteiger partial charge is 0.480 e. The van der Waals surface area contributed by atoms with Gasteiger partial charge in [-0.2, -0.15) is 0 Å². The summed E-state index contributed by atoms with van der Waals surface area (Å²) < 4.78 is 0. The molecule has 0 aromatic heterocycles. The first-order chi connectivity index (χ1) is 9.13. The van der Waals surface area contributed by atoms with Gasteiger partial charge < -0.3 is 10.0 Å². The molecule has 0 radical (unpaired) electrons. The molecule has 5 heteroatoms. The zero-order valence-electron chi connectivity index (χ0n) is 10.8. The van der Waals surface area contributed by atoms with E-state index in [1.54, 1.807) is 23.9 Å². The number of likely N-dealkylation sites (tertiary alicyclic amines) is 1. The molecule has 1 heterocycles. The van der Waals surface area contributed by atoms with Gasteiger partial charge in [-0.3, -0.25) is 4.79 Å². The Balaban J connectivity index is 2.18. The number of benzene rings is 1. The van der Waals surface area contributed by atoms with Crippen LogP contribution in [-0.2, 0) is 4.79 Å². The molecular weight excluding hydrogens is 262 g/mol. The summed E-state index contributed by atoms with van der Waals surface area (Å²) in [7, 11) is 0. The second-order valence-electron chi connectivity index (χ2n) is 4.58. The number of carbonyl (C=O) groups excluding carboxylic acids is 1. The summed E-state index contributed by atoms with van der Waals surface area (Å²) in [6, 6.07) is 6.62. The average Bonchev–Trinajstić information content (AvgIpc) is 2.46. The van der Waals surface area contributed by atoms with Gasteiger partial charge in [0.25, 0.3) is 5.91 Å². The van der Waals surface area contributed by atoms with E-state index in [9.17, 15) is 14.7 Å². The van der Waals surface area contributed by atoms with Crippen LogP contribution in [0.5, 0.6) is 0 Å². The van der Waals surface area contributed by atoms with Gasteiger partial charge in [0.05, 0.1) is 0 Å². The number of piperidine rings is 1. The fourth-order valence-corrected chi connectivity index (χ4v) is 2.74. The molecule has 0 bridgehead atoms. The van der Waals surface area contributed by atoms with Crippen LogP contribution in [0.25, 0.3) is 0 Å². The van der Waals surface area contributed by atoms with E-state index < -0.39 is 12.0 Å². The number of thioether (sulfide) groups is 1. The molecule has 102 valence electrons. The minimum Gasteiger partial charge on any atom is -0.480 e. The van der Waals surface area contributed by atoms with E-state index >= 15 is 0 Å². The lowest BCUT2D eigenvalue weighted by atomic mass is 10.0. The van der Waals surface area contributed by atoms with Gasteiger partial charge in [0.15, 0.2) is 0 Å². The van der Waals surface area contributed by atoms with Crippen LogP contribution in [0.15, 0.2) is 29.2 Å². The van der Waals surface area contributed by atoms with Crippen LogP contribution in [0.3, 0.4) is 0 Å². The summed E-state index contributed by atoms with van der Waals surface area (Å²) in [5.74, 6) is -1.09. The number of hydrogen-bond acceptors (Lipinski definition) is 3. The lowest BCUT2D eigenvalue weighted by Gasteiger charge is -2.33. The number of carboxylic acids is 1. The van der Waals surface area contributed by atoms with Gasteiger partial charge in [-0.25, -0.2) is 4.79 Å². The van der Waals surface area contributed by atoms with E-state index in [-0.39, 0.29) is 5.91 Å². The minimum atomic E-state index is -0.909. The summed E-state index contributed by atoms with van der Waals surface area (Å²) in [6.45, 7) is 0.528. The molecule has 4 nitrogen and oxygen atoms in total.